The van der Waals surface area contributed by atoms with Crippen molar-refractivity contribution in [3.05, 3.63) is 46.0 Å². The Hall–Kier alpha value is -1.54. The summed E-state index contributed by atoms with van der Waals surface area (Å²) in [6, 6.07) is 5.23. The van der Waals surface area contributed by atoms with Crippen LogP contribution in [0.1, 0.15) is 0 Å². The number of nitrogens with zero attached hydrogens (tertiary/aromatic N) is 3. The number of carbonyl (C=O) groups is 1. The fourth-order valence-corrected chi connectivity index (χ4v) is 3.89. The molecule has 3 rings (SSSR count). The van der Waals surface area contributed by atoms with Gasteiger partial charge in [-0.2, -0.15) is 0 Å². The number of thioether (sulfide) groups is 1. The summed E-state index contributed by atoms with van der Waals surface area (Å²) in [5, 5.41) is 7.04. The van der Waals surface area contributed by atoms with Crippen molar-refractivity contribution in [1.82, 2.24) is 14.5 Å². The second-order valence-electron chi connectivity index (χ2n) is 4.82. The van der Waals surface area contributed by atoms with Crippen LogP contribution in [0.15, 0.2) is 41.1 Å². The molecule has 3 aromatic rings. The number of hydrogen-bond donors (Lipinski definition) is 1. The molecule has 24 heavy (non-hydrogen) atoms. The maximum atomic E-state index is 12.0. The normalized spacial score (nSPS) is 10.8. The van der Waals surface area contributed by atoms with E-state index in [-0.39, 0.29) is 11.7 Å². The Morgan fingerprint density at radius 2 is 2.25 bits per heavy atom. The molecular weight excluding hydrogens is 387 g/mol. The number of anilines is 1. The molecule has 1 amide bonds. The molecular formula is C15H12Cl2N4OS2. The van der Waals surface area contributed by atoms with Crippen molar-refractivity contribution < 1.29 is 4.79 Å². The molecule has 2 heterocycles. The van der Waals surface area contributed by atoms with E-state index < -0.39 is 0 Å². The minimum Gasteiger partial charge on any atom is -0.329 e. The molecule has 2 aromatic heterocycles. The molecule has 0 atom stereocenters. The summed E-state index contributed by atoms with van der Waals surface area (Å²) in [6.45, 7) is 0. The number of benzene rings is 1. The number of halogens is 2. The number of amides is 1. The van der Waals surface area contributed by atoms with Crippen LogP contribution in [0.25, 0.3) is 11.3 Å². The Labute approximate surface area is 157 Å². The number of carbonyl (C=O) groups excluding carboxylic acids is 1. The van der Waals surface area contributed by atoms with Crippen LogP contribution in [0, 0.1) is 0 Å². The largest absolute Gasteiger partial charge is 0.329 e. The van der Waals surface area contributed by atoms with E-state index in [2.05, 4.69) is 15.3 Å². The van der Waals surface area contributed by atoms with Crippen LogP contribution < -0.4 is 5.32 Å². The van der Waals surface area contributed by atoms with E-state index in [0.717, 1.165) is 10.7 Å². The van der Waals surface area contributed by atoms with Gasteiger partial charge in [-0.25, -0.2) is 9.97 Å². The highest BCUT2D eigenvalue weighted by Gasteiger charge is 2.12. The summed E-state index contributed by atoms with van der Waals surface area (Å²) < 4.78 is 1.86. The van der Waals surface area contributed by atoms with Gasteiger partial charge in [0.05, 0.1) is 16.5 Å². The number of imidazole rings is 1. The van der Waals surface area contributed by atoms with Crippen LogP contribution in [0.4, 0.5) is 5.13 Å². The average Bonchev–Trinajstić information content (AvgIpc) is 3.14. The Morgan fingerprint density at radius 1 is 1.42 bits per heavy atom. The summed E-state index contributed by atoms with van der Waals surface area (Å²) in [5.41, 5.74) is 1.48. The molecule has 1 N–H and O–H groups in total. The standard InChI is InChI=1S/C15H12Cl2N4OS2/c1-21-5-4-18-15(21)24-8-13(22)20-14-19-12(7-23-14)10-3-2-9(16)6-11(10)17/h2-7H,8H2,1H3,(H,19,20,22). The molecule has 0 saturated carbocycles. The van der Waals surface area contributed by atoms with Gasteiger partial charge >= 0.3 is 0 Å². The van der Waals surface area contributed by atoms with E-state index in [1.54, 1.807) is 18.3 Å². The zero-order valence-corrected chi connectivity index (χ0v) is 15.6. The molecule has 0 radical (unpaired) electrons. The van der Waals surface area contributed by atoms with E-state index in [1.165, 1.54) is 23.1 Å². The lowest BCUT2D eigenvalue weighted by atomic mass is 10.2. The maximum Gasteiger partial charge on any atom is 0.236 e. The fourth-order valence-electron chi connectivity index (χ4n) is 1.93. The first-order chi connectivity index (χ1) is 11.5. The molecule has 0 spiro atoms. The third kappa shape index (κ3) is 4.10. The highest BCUT2D eigenvalue weighted by atomic mass is 35.5. The minimum absolute atomic E-state index is 0.133. The quantitative estimate of drug-likeness (QED) is 0.638. The van der Waals surface area contributed by atoms with Crippen LogP contribution >= 0.6 is 46.3 Å². The van der Waals surface area contributed by atoms with Crippen LogP contribution in [0.2, 0.25) is 10.0 Å². The zero-order valence-electron chi connectivity index (χ0n) is 12.5. The van der Waals surface area contributed by atoms with Gasteiger partial charge in [-0.05, 0) is 18.2 Å². The maximum absolute atomic E-state index is 12.0. The second-order valence-corrected chi connectivity index (χ2v) is 7.46. The lowest BCUT2D eigenvalue weighted by molar-refractivity contribution is -0.113. The Morgan fingerprint density at radius 3 is 2.96 bits per heavy atom. The van der Waals surface area contributed by atoms with E-state index in [1.807, 2.05) is 29.3 Å². The predicted molar refractivity (Wildman–Crippen MR) is 100 cm³/mol. The summed E-state index contributed by atoms with van der Waals surface area (Å²) in [6.07, 6.45) is 3.53. The van der Waals surface area contributed by atoms with Gasteiger partial charge in [0.2, 0.25) is 5.91 Å². The first kappa shape index (κ1) is 17.3. The molecule has 124 valence electrons. The number of aryl methyl sites for hydroxylation is 1. The van der Waals surface area contributed by atoms with Gasteiger partial charge in [0.15, 0.2) is 10.3 Å². The Bertz CT molecular complexity index is 878. The van der Waals surface area contributed by atoms with Crippen molar-refractivity contribution >= 4 is 57.3 Å². The minimum atomic E-state index is -0.133. The van der Waals surface area contributed by atoms with Crippen LogP contribution in [-0.2, 0) is 11.8 Å². The van der Waals surface area contributed by atoms with E-state index in [4.69, 9.17) is 23.2 Å². The second kappa shape index (κ2) is 7.57. The van der Waals surface area contributed by atoms with Crippen molar-refractivity contribution in [1.29, 1.82) is 0 Å². The lowest BCUT2D eigenvalue weighted by Crippen LogP contribution is -2.14. The van der Waals surface area contributed by atoms with Crippen LogP contribution in [0.3, 0.4) is 0 Å². The monoisotopic (exact) mass is 398 g/mol. The van der Waals surface area contributed by atoms with E-state index >= 15 is 0 Å². The van der Waals surface area contributed by atoms with Crippen LogP contribution in [0.5, 0.6) is 0 Å². The first-order valence-electron chi connectivity index (χ1n) is 6.84. The van der Waals surface area contributed by atoms with Crippen molar-refractivity contribution in [2.75, 3.05) is 11.1 Å². The molecule has 9 heteroatoms. The van der Waals surface area contributed by atoms with Crippen molar-refractivity contribution in [2.24, 2.45) is 7.05 Å². The Kier molecular flexibility index (Phi) is 5.45. The van der Waals surface area contributed by atoms with Crippen molar-refractivity contribution in [2.45, 2.75) is 5.16 Å². The molecule has 0 aliphatic heterocycles. The van der Waals surface area contributed by atoms with Crippen molar-refractivity contribution in [3.8, 4) is 11.3 Å². The highest BCUT2D eigenvalue weighted by Crippen LogP contribution is 2.32. The molecule has 0 aliphatic carbocycles. The topological polar surface area (TPSA) is 59.8 Å². The Balaban J connectivity index is 1.63. The molecule has 5 nitrogen and oxygen atoms in total. The number of aromatic nitrogens is 3. The third-order valence-electron chi connectivity index (χ3n) is 3.07. The molecule has 0 bridgehead atoms. The smallest absolute Gasteiger partial charge is 0.236 e. The molecule has 0 fully saturated rings. The molecule has 0 aliphatic rings. The summed E-state index contributed by atoms with van der Waals surface area (Å²) in [4.78, 5) is 20.6. The predicted octanol–water partition coefficient (Wildman–Crippen LogP) is 4.58. The van der Waals surface area contributed by atoms with Gasteiger partial charge in [0.25, 0.3) is 0 Å². The van der Waals surface area contributed by atoms with Gasteiger partial charge in [-0.1, -0.05) is 35.0 Å². The zero-order chi connectivity index (χ0) is 17.1. The molecule has 0 saturated heterocycles. The third-order valence-corrected chi connectivity index (χ3v) is 5.43. The molecule has 0 unspecified atom stereocenters. The number of nitrogens with one attached hydrogen (secondary N) is 1. The number of rotatable bonds is 5. The fraction of sp³-hybridized carbons (Fsp3) is 0.133. The summed E-state index contributed by atoms with van der Waals surface area (Å²) in [5.74, 6) is 0.132. The van der Waals surface area contributed by atoms with Gasteiger partial charge in [0, 0.05) is 35.4 Å². The van der Waals surface area contributed by atoms with E-state index in [9.17, 15) is 4.79 Å². The van der Waals surface area contributed by atoms with Crippen LogP contribution in [-0.4, -0.2) is 26.2 Å². The van der Waals surface area contributed by atoms with Gasteiger partial charge < -0.3 is 9.88 Å². The summed E-state index contributed by atoms with van der Waals surface area (Å²) in [7, 11) is 1.89. The number of hydrogen-bond acceptors (Lipinski definition) is 5. The van der Waals surface area contributed by atoms with Gasteiger partial charge in [-0.3, -0.25) is 4.79 Å². The first-order valence-corrected chi connectivity index (χ1v) is 9.46. The van der Waals surface area contributed by atoms with Gasteiger partial charge in [-0.15, -0.1) is 11.3 Å². The summed E-state index contributed by atoms with van der Waals surface area (Å²) >= 11 is 14.8. The van der Waals surface area contributed by atoms with Crippen molar-refractivity contribution in [3.63, 3.8) is 0 Å². The van der Waals surface area contributed by atoms with Gasteiger partial charge in [0.1, 0.15) is 0 Å². The number of thiazole rings is 1. The highest BCUT2D eigenvalue weighted by molar-refractivity contribution is 7.99. The average molecular weight is 399 g/mol. The molecule has 1 aromatic carbocycles. The lowest BCUT2D eigenvalue weighted by Gasteiger charge is -2.03. The van der Waals surface area contributed by atoms with E-state index in [0.29, 0.717) is 20.9 Å². The SMILES string of the molecule is Cn1ccnc1SCC(=O)Nc1nc(-c2ccc(Cl)cc2Cl)cs1.